The molecular weight excluding hydrogens is 432 g/mol. The Bertz CT molecular complexity index is 991. The molecule has 1 fully saturated rings. The topological polar surface area (TPSA) is 92.7 Å². The van der Waals surface area contributed by atoms with Gasteiger partial charge in [0.25, 0.3) is 5.91 Å². The largest absolute Gasteiger partial charge is 0.490 e. The molecule has 8 heteroatoms. The predicted octanol–water partition coefficient (Wildman–Crippen LogP) is 4.69. The Hall–Kier alpha value is -3.29. The zero-order chi connectivity index (χ0) is 24.0. The molecule has 33 heavy (non-hydrogen) atoms. The van der Waals surface area contributed by atoms with E-state index in [1.807, 2.05) is 0 Å². The number of ether oxygens (including phenoxy) is 1. The summed E-state index contributed by atoms with van der Waals surface area (Å²) in [6, 6.07) is 8.77. The van der Waals surface area contributed by atoms with E-state index in [2.05, 4.69) is 5.32 Å². The SMILES string of the molecule is Cc1c(F)cc(C(=O)NCCCC(=O)c2ccc(OC3CCC(C(=O)O)CC3)cc2)cc1F. The highest BCUT2D eigenvalue weighted by atomic mass is 19.1. The molecule has 1 aliphatic rings. The molecule has 0 spiro atoms. The van der Waals surface area contributed by atoms with Crippen LogP contribution >= 0.6 is 0 Å². The normalized spacial score (nSPS) is 17.9. The van der Waals surface area contributed by atoms with Gasteiger partial charge >= 0.3 is 5.97 Å². The summed E-state index contributed by atoms with van der Waals surface area (Å²) in [7, 11) is 0. The van der Waals surface area contributed by atoms with Crippen molar-refractivity contribution in [2.75, 3.05) is 6.54 Å². The molecule has 0 aliphatic heterocycles. The van der Waals surface area contributed by atoms with Crippen LogP contribution in [0, 0.1) is 24.5 Å². The summed E-state index contributed by atoms with van der Waals surface area (Å²) in [6.07, 6.45) is 3.13. The van der Waals surface area contributed by atoms with Gasteiger partial charge in [0.15, 0.2) is 5.78 Å². The Morgan fingerprint density at radius 3 is 2.18 bits per heavy atom. The van der Waals surface area contributed by atoms with Crippen LogP contribution in [0.25, 0.3) is 0 Å². The first-order chi connectivity index (χ1) is 15.7. The van der Waals surface area contributed by atoms with Gasteiger partial charge in [-0.25, -0.2) is 8.78 Å². The summed E-state index contributed by atoms with van der Waals surface area (Å²) in [5, 5.41) is 11.6. The van der Waals surface area contributed by atoms with Crippen molar-refractivity contribution in [2.24, 2.45) is 5.92 Å². The number of nitrogens with one attached hydrogen (secondary N) is 1. The molecule has 0 unspecified atom stereocenters. The summed E-state index contributed by atoms with van der Waals surface area (Å²) in [6.45, 7) is 1.49. The number of carbonyl (C=O) groups is 3. The van der Waals surface area contributed by atoms with Crippen molar-refractivity contribution in [3.8, 4) is 5.75 Å². The van der Waals surface area contributed by atoms with Gasteiger partial charge in [0.1, 0.15) is 17.4 Å². The molecule has 0 radical (unpaired) electrons. The fraction of sp³-hybridized carbons (Fsp3) is 0.400. The van der Waals surface area contributed by atoms with Crippen molar-refractivity contribution in [3.63, 3.8) is 0 Å². The highest BCUT2D eigenvalue weighted by Crippen LogP contribution is 2.28. The summed E-state index contributed by atoms with van der Waals surface area (Å²) in [4.78, 5) is 35.5. The number of halogens is 2. The molecule has 2 N–H and O–H groups in total. The number of rotatable bonds is 9. The quantitative estimate of drug-likeness (QED) is 0.419. The first-order valence-corrected chi connectivity index (χ1v) is 11.0. The zero-order valence-electron chi connectivity index (χ0n) is 18.4. The minimum absolute atomic E-state index is 0.0266. The molecule has 1 amide bonds. The Labute approximate surface area is 191 Å². The molecule has 0 aromatic heterocycles. The summed E-state index contributed by atoms with van der Waals surface area (Å²) >= 11 is 0. The van der Waals surface area contributed by atoms with Crippen LogP contribution < -0.4 is 10.1 Å². The maximum absolute atomic E-state index is 13.6. The van der Waals surface area contributed by atoms with Crippen LogP contribution in [0.3, 0.4) is 0 Å². The Balaban J connectivity index is 1.41. The van der Waals surface area contributed by atoms with Gasteiger partial charge in [0, 0.05) is 29.7 Å². The lowest BCUT2D eigenvalue weighted by Gasteiger charge is -2.26. The van der Waals surface area contributed by atoms with Gasteiger partial charge < -0.3 is 15.2 Å². The third kappa shape index (κ3) is 6.60. The molecule has 3 rings (SSSR count). The first kappa shape index (κ1) is 24.4. The molecule has 0 heterocycles. The Kier molecular flexibility index (Phi) is 8.14. The zero-order valence-corrected chi connectivity index (χ0v) is 18.4. The second kappa shape index (κ2) is 11.0. The van der Waals surface area contributed by atoms with E-state index >= 15 is 0 Å². The van der Waals surface area contributed by atoms with Crippen LogP contribution in [-0.2, 0) is 4.79 Å². The van der Waals surface area contributed by atoms with Crippen LogP contribution in [0.4, 0.5) is 8.78 Å². The molecule has 0 saturated heterocycles. The molecule has 176 valence electrons. The van der Waals surface area contributed by atoms with E-state index in [0.29, 0.717) is 43.4 Å². The lowest BCUT2D eigenvalue weighted by atomic mass is 9.87. The van der Waals surface area contributed by atoms with Gasteiger partial charge in [0.2, 0.25) is 0 Å². The fourth-order valence-corrected chi connectivity index (χ4v) is 3.81. The van der Waals surface area contributed by atoms with E-state index in [9.17, 15) is 23.2 Å². The average molecular weight is 459 g/mol. The van der Waals surface area contributed by atoms with Gasteiger partial charge in [-0.3, -0.25) is 14.4 Å². The van der Waals surface area contributed by atoms with Crippen LogP contribution in [0.15, 0.2) is 36.4 Å². The number of aliphatic carboxylic acids is 1. The van der Waals surface area contributed by atoms with Crippen molar-refractivity contribution in [2.45, 2.75) is 51.6 Å². The maximum Gasteiger partial charge on any atom is 0.306 e. The van der Waals surface area contributed by atoms with Gasteiger partial charge in [0.05, 0.1) is 12.0 Å². The van der Waals surface area contributed by atoms with E-state index in [4.69, 9.17) is 9.84 Å². The average Bonchev–Trinajstić information content (AvgIpc) is 2.80. The number of ketones is 1. The molecule has 6 nitrogen and oxygen atoms in total. The number of benzene rings is 2. The van der Waals surface area contributed by atoms with Crippen molar-refractivity contribution in [3.05, 3.63) is 64.7 Å². The summed E-state index contributed by atoms with van der Waals surface area (Å²) < 4.78 is 33.1. The maximum atomic E-state index is 13.6. The van der Waals surface area contributed by atoms with Crippen LogP contribution in [-0.4, -0.2) is 35.4 Å². The highest BCUT2D eigenvalue weighted by molar-refractivity contribution is 5.96. The fourth-order valence-electron chi connectivity index (χ4n) is 3.81. The number of amides is 1. The van der Waals surface area contributed by atoms with E-state index in [1.165, 1.54) is 6.92 Å². The van der Waals surface area contributed by atoms with E-state index in [-0.39, 0.29) is 41.9 Å². The third-order valence-electron chi connectivity index (χ3n) is 5.91. The van der Waals surface area contributed by atoms with Crippen molar-refractivity contribution in [1.82, 2.24) is 5.32 Å². The van der Waals surface area contributed by atoms with Gasteiger partial charge in [-0.1, -0.05) is 0 Å². The van der Waals surface area contributed by atoms with E-state index in [1.54, 1.807) is 24.3 Å². The van der Waals surface area contributed by atoms with Crippen LogP contribution in [0.1, 0.15) is 64.8 Å². The highest BCUT2D eigenvalue weighted by Gasteiger charge is 2.26. The molecule has 0 atom stereocenters. The third-order valence-corrected chi connectivity index (χ3v) is 5.91. The summed E-state index contributed by atoms with van der Waals surface area (Å²) in [5.74, 6) is -2.67. The second-order valence-corrected chi connectivity index (χ2v) is 8.30. The molecule has 2 aromatic rings. The van der Waals surface area contributed by atoms with Gasteiger partial charge in [-0.2, -0.15) is 0 Å². The minimum atomic E-state index is -0.782. The lowest BCUT2D eigenvalue weighted by molar-refractivity contribution is -0.143. The second-order valence-electron chi connectivity index (χ2n) is 8.30. The van der Waals surface area contributed by atoms with Crippen LogP contribution in [0.2, 0.25) is 0 Å². The molecule has 1 aliphatic carbocycles. The monoisotopic (exact) mass is 459 g/mol. The lowest BCUT2D eigenvalue weighted by Crippen LogP contribution is -2.27. The molecule has 2 aromatic carbocycles. The minimum Gasteiger partial charge on any atom is -0.490 e. The van der Waals surface area contributed by atoms with Gasteiger partial charge in [-0.15, -0.1) is 0 Å². The predicted molar refractivity (Wildman–Crippen MR) is 117 cm³/mol. The van der Waals surface area contributed by atoms with Crippen LogP contribution in [0.5, 0.6) is 5.75 Å². The van der Waals surface area contributed by atoms with Gasteiger partial charge in [-0.05, 0) is 75.4 Å². The van der Waals surface area contributed by atoms with E-state index in [0.717, 1.165) is 12.1 Å². The number of carboxylic acid groups (broad SMARTS) is 1. The first-order valence-electron chi connectivity index (χ1n) is 11.0. The van der Waals surface area contributed by atoms with Crippen molar-refractivity contribution >= 4 is 17.7 Å². The number of Topliss-reactive ketones (excluding diaryl/α,β-unsaturated/α-hetero) is 1. The number of carbonyl (C=O) groups excluding carboxylic acids is 2. The standard InChI is InChI=1S/C25H27F2NO5/c1-15-21(26)13-18(14-22(15)27)24(30)28-12-2-3-23(29)16-4-8-19(9-5-16)33-20-10-6-17(7-11-20)25(31)32/h4-5,8-9,13-14,17,20H,2-3,6-7,10-12H2,1H3,(H,28,30)(H,31,32). The van der Waals surface area contributed by atoms with E-state index < -0.39 is 23.5 Å². The number of hydrogen-bond donors (Lipinski definition) is 2. The van der Waals surface area contributed by atoms with Crippen molar-refractivity contribution in [1.29, 1.82) is 0 Å². The number of hydrogen-bond acceptors (Lipinski definition) is 4. The Morgan fingerprint density at radius 1 is 1.00 bits per heavy atom. The molecule has 1 saturated carbocycles. The number of carboxylic acids is 1. The molecule has 0 bridgehead atoms. The van der Waals surface area contributed by atoms with Crippen molar-refractivity contribution < 1.29 is 33.0 Å². The molecular formula is C25H27F2NO5. The Morgan fingerprint density at radius 2 is 1.61 bits per heavy atom. The smallest absolute Gasteiger partial charge is 0.306 e. The summed E-state index contributed by atoms with van der Waals surface area (Å²) in [5.41, 5.74) is 0.277.